The fourth-order valence-electron chi connectivity index (χ4n) is 1.81. The molecular weight excluding hydrogens is 243 g/mol. The van der Waals surface area contributed by atoms with E-state index in [2.05, 4.69) is 0 Å². The van der Waals surface area contributed by atoms with E-state index in [4.69, 9.17) is 15.9 Å². The zero-order chi connectivity index (χ0) is 13.8. The molecule has 2 aromatic rings. The molecule has 0 radical (unpaired) electrons. The van der Waals surface area contributed by atoms with Crippen LogP contribution in [-0.4, -0.2) is 5.84 Å². The Morgan fingerprint density at radius 3 is 2.63 bits per heavy atom. The van der Waals surface area contributed by atoms with Crippen molar-refractivity contribution in [2.75, 3.05) is 0 Å². The number of rotatable bonds is 4. The van der Waals surface area contributed by atoms with Gasteiger partial charge >= 0.3 is 0 Å². The largest absolute Gasteiger partial charge is 0.488 e. The van der Waals surface area contributed by atoms with Crippen LogP contribution in [0.1, 0.15) is 16.7 Å². The maximum atomic E-state index is 13.6. The predicted molar refractivity (Wildman–Crippen MR) is 72.9 cm³/mol. The topological polar surface area (TPSA) is 59.1 Å². The van der Waals surface area contributed by atoms with Crippen LogP contribution < -0.4 is 10.5 Å². The Bertz CT molecular complexity index is 611. The molecule has 0 saturated carbocycles. The molecule has 4 heteroatoms. The molecule has 0 aromatic heterocycles. The second kappa shape index (κ2) is 5.52. The highest BCUT2D eigenvalue weighted by atomic mass is 19.1. The highest BCUT2D eigenvalue weighted by Gasteiger charge is 2.12. The van der Waals surface area contributed by atoms with Gasteiger partial charge in [-0.05, 0) is 30.2 Å². The number of hydrogen-bond acceptors (Lipinski definition) is 2. The first-order valence-corrected chi connectivity index (χ1v) is 5.90. The van der Waals surface area contributed by atoms with Crippen molar-refractivity contribution in [3.05, 3.63) is 65.0 Å². The maximum absolute atomic E-state index is 13.6. The zero-order valence-electron chi connectivity index (χ0n) is 10.6. The third kappa shape index (κ3) is 2.91. The van der Waals surface area contributed by atoms with E-state index < -0.39 is 5.82 Å². The normalized spacial score (nSPS) is 10.2. The summed E-state index contributed by atoms with van der Waals surface area (Å²) >= 11 is 0. The van der Waals surface area contributed by atoms with Crippen LogP contribution in [0.4, 0.5) is 4.39 Å². The van der Waals surface area contributed by atoms with Gasteiger partial charge in [-0.2, -0.15) is 0 Å². The first-order valence-electron chi connectivity index (χ1n) is 5.90. The number of hydrogen-bond donors (Lipinski definition) is 2. The van der Waals surface area contributed by atoms with E-state index in [0.29, 0.717) is 6.61 Å². The SMILES string of the molecule is Cc1ccccc1COc1cccc(F)c1C(=N)N. The van der Waals surface area contributed by atoms with Crippen LogP contribution in [0, 0.1) is 18.2 Å². The molecule has 19 heavy (non-hydrogen) atoms. The lowest BCUT2D eigenvalue weighted by Crippen LogP contribution is -2.15. The second-order valence-electron chi connectivity index (χ2n) is 4.24. The minimum absolute atomic E-state index is 0.0103. The van der Waals surface area contributed by atoms with Gasteiger partial charge in [-0.1, -0.05) is 30.3 Å². The first kappa shape index (κ1) is 13.1. The van der Waals surface area contributed by atoms with Gasteiger partial charge in [0.15, 0.2) is 0 Å². The van der Waals surface area contributed by atoms with Crippen LogP contribution in [0.3, 0.4) is 0 Å². The molecule has 98 valence electrons. The Kier molecular flexibility index (Phi) is 3.80. The standard InChI is InChI=1S/C15H15FN2O/c1-10-5-2-3-6-11(10)9-19-13-8-4-7-12(16)14(13)15(17)18/h2-8H,9H2,1H3,(H3,17,18). The van der Waals surface area contributed by atoms with E-state index >= 15 is 0 Å². The summed E-state index contributed by atoms with van der Waals surface area (Å²) in [7, 11) is 0. The summed E-state index contributed by atoms with van der Waals surface area (Å²) in [5.41, 5.74) is 7.50. The lowest BCUT2D eigenvalue weighted by molar-refractivity contribution is 0.303. The first-order chi connectivity index (χ1) is 9.09. The van der Waals surface area contributed by atoms with Crippen LogP contribution >= 0.6 is 0 Å². The van der Waals surface area contributed by atoms with E-state index in [0.717, 1.165) is 11.1 Å². The number of aryl methyl sites for hydroxylation is 1. The minimum Gasteiger partial charge on any atom is -0.488 e. The number of halogens is 1. The number of nitrogens with one attached hydrogen (secondary N) is 1. The van der Waals surface area contributed by atoms with E-state index in [1.165, 1.54) is 12.1 Å². The quantitative estimate of drug-likeness (QED) is 0.654. The van der Waals surface area contributed by atoms with Crippen molar-refractivity contribution in [3.8, 4) is 5.75 Å². The minimum atomic E-state index is -0.546. The van der Waals surface area contributed by atoms with Gasteiger partial charge in [0.1, 0.15) is 24.0 Å². The Balaban J connectivity index is 2.23. The third-order valence-electron chi connectivity index (χ3n) is 2.89. The van der Waals surface area contributed by atoms with Gasteiger partial charge in [0, 0.05) is 0 Å². The van der Waals surface area contributed by atoms with Gasteiger partial charge in [0.25, 0.3) is 0 Å². The van der Waals surface area contributed by atoms with Crippen molar-refractivity contribution in [2.24, 2.45) is 5.73 Å². The summed E-state index contributed by atoms with van der Waals surface area (Å²) in [6.07, 6.45) is 0. The molecule has 0 amide bonds. The molecule has 0 atom stereocenters. The van der Waals surface area contributed by atoms with Crippen molar-refractivity contribution in [2.45, 2.75) is 13.5 Å². The molecule has 0 unspecified atom stereocenters. The number of nitrogens with two attached hydrogens (primary N) is 1. The highest BCUT2D eigenvalue weighted by molar-refractivity contribution is 5.97. The Morgan fingerprint density at radius 2 is 1.95 bits per heavy atom. The lowest BCUT2D eigenvalue weighted by Gasteiger charge is -2.12. The van der Waals surface area contributed by atoms with Crippen LogP contribution in [0.2, 0.25) is 0 Å². The van der Waals surface area contributed by atoms with Gasteiger partial charge in [0.2, 0.25) is 0 Å². The van der Waals surface area contributed by atoms with Crippen molar-refractivity contribution in [1.29, 1.82) is 5.41 Å². The molecule has 2 aromatic carbocycles. The van der Waals surface area contributed by atoms with Crippen LogP contribution in [0.5, 0.6) is 5.75 Å². The summed E-state index contributed by atoms with van der Waals surface area (Å²) in [4.78, 5) is 0. The maximum Gasteiger partial charge on any atom is 0.137 e. The summed E-state index contributed by atoms with van der Waals surface area (Å²) in [6, 6.07) is 12.2. The molecule has 0 aliphatic rings. The van der Waals surface area contributed by atoms with Crippen molar-refractivity contribution >= 4 is 5.84 Å². The monoisotopic (exact) mass is 258 g/mol. The molecule has 0 heterocycles. The highest BCUT2D eigenvalue weighted by Crippen LogP contribution is 2.22. The zero-order valence-corrected chi connectivity index (χ0v) is 10.6. The summed E-state index contributed by atoms with van der Waals surface area (Å²) < 4.78 is 19.2. The third-order valence-corrected chi connectivity index (χ3v) is 2.89. The lowest BCUT2D eigenvalue weighted by atomic mass is 10.1. The number of amidine groups is 1. The van der Waals surface area contributed by atoms with Gasteiger partial charge in [0.05, 0.1) is 5.56 Å². The molecular formula is C15H15FN2O. The fourth-order valence-corrected chi connectivity index (χ4v) is 1.81. The summed E-state index contributed by atoms with van der Waals surface area (Å²) in [6.45, 7) is 2.30. The average Bonchev–Trinajstić information content (AvgIpc) is 2.37. The predicted octanol–water partition coefficient (Wildman–Crippen LogP) is 3.00. The number of nitrogen functional groups attached to an aromatic ring is 1. The number of ether oxygens (including phenoxy) is 1. The molecule has 0 saturated heterocycles. The average molecular weight is 258 g/mol. The Hall–Kier alpha value is -2.36. The Labute approximate surface area is 111 Å². The van der Waals surface area contributed by atoms with E-state index in [1.54, 1.807) is 6.07 Å². The Morgan fingerprint density at radius 1 is 1.21 bits per heavy atom. The van der Waals surface area contributed by atoms with Crippen LogP contribution in [0.15, 0.2) is 42.5 Å². The van der Waals surface area contributed by atoms with Crippen LogP contribution in [-0.2, 0) is 6.61 Å². The van der Waals surface area contributed by atoms with Crippen LogP contribution in [0.25, 0.3) is 0 Å². The van der Waals surface area contributed by atoms with Gasteiger partial charge in [-0.25, -0.2) is 4.39 Å². The second-order valence-corrected chi connectivity index (χ2v) is 4.24. The van der Waals surface area contributed by atoms with Gasteiger partial charge < -0.3 is 10.5 Å². The molecule has 2 rings (SSSR count). The van der Waals surface area contributed by atoms with Crippen molar-refractivity contribution in [3.63, 3.8) is 0 Å². The molecule has 3 N–H and O–H groups in total. The smallest absolute Gasteiger partial charge is 0.137 e. The molecule has 0 bridgehead atoms. The fraction of sp³-hybridized carbons (Fsp3) is 0.133. The molecule has 0 aliphatic heterocycles. The number of benzene rings is 2. The van der Waals surface area contributed by atoms with Gasteiger partial charge in [-0.3, -0.25) is 5.41 Å². The van der Waals surface area contributed by atoms with Crippen molar-refractivity contribution < 1.29 is 9.13 Å². The summed E-state index contributed by atoms with van der Waals surface area (Å²) in [5.74, 6) is -0.594. The molecule has 3 nitrogen and oxygen atoms in total. The molecule has 0 aliphatic carbocycles. The molecule has 0 fully saturated rings. The van der Waals surface area contributed by atoms with E-state index in [-0.39, 0.29) is 17.1 Å². The van der Waals surface area contributed by atoms with E-state index in [1.807, 2.05) is 31.2 Å². The van der Waals surface area contributed by atoms with Crippen molar-refractivity contribution in [1.82, 2.24) is 0 Å². The van der Waals surface area contributed by atoms with Gasteiger partial charge in [-0.15, -0.1) is 0 Å². The molecule has 0 spiro atoms. The summed E-state index contributed by atoms with van der Waals surface area (Å²) in [5, 5.41) is 7.40. The van der Waals surface area contributed by atoms with E-state index in [9.17, 15) is 4.39 Å².